The molecule has 0 saturated carbocycles. The largest absolute Gasteiger partial charge is 0.480 e. The van der Waals surface area contributed by atoms with Crippen molar-refractivity contribution in [3.8, 4) is 5.75 Å². The van der Waals surface area contributed by atoms with Crippen molar-refractivity contribution in [2.45, 2.75) is 32.0 Å². The Kier molecular flexibility index (Phi) is 7.08. The van der Waals surface area contributed by atoms with Gasteiger partial charge in [-0.2, -0.15) is 8.78 Å². The minimum atomic E-state index is -4.91. The zero-order valence-corrected chi connectivity index (χ0v) is 14.2. The number of para-hydroxylation sites is 1. The molecular formula is C15H20F2NO5P. The molecule has 0 spiro atoms. The molecule has 1 rings (SSSR count). The molecule has 0 heterocycles. The van der Waals surface area contributed by atoms with Crippen LogP contribution >= 0.6 is 7.52 Å². The maximum absolute atomic E-state index is 14.5. The van der Waals surface area contributed by atoms with Gasteiger partial charge in [0.1, 0.15) is 11.8 Å². The fraction of sp³-hybridized carbons (Fsp3) is 0.400. The van der Waals surface area contributed by atoms with Gasteiger partial charge in [-0.15, -0.1) is 0 Å². The zero-order valence-electron chi connectivity index (χ0n) is 13.3. The Morgan fingerprint density at radius 1 is 1.42 bits per heavy atom. The number of benzene rings is 1. The fourth-order valence-electron chi connectivity index (χ4n) is 1.61. The lowest BCUT2D eigenvalue weighted by atomic mass is 10.2. The minimum Gasteiger partial charge on any atom is -0.480 e. The SMILES string of the molecule is C/C(=C\CC(F)(F)P(=O)(N[C@@H](C)C(=O)O)Oc1ccccc1)CO. The number of aliphatic hydroxyl groups excluding tert-OH is 1. The van der Waals surface area contributed by atoms with E-state index in [0.29, 0.717) is 0 Å². The summed E-state index contributed by atoms with van der Waals surface area (Å²) < 4.78 is 46.8. The van der Waals surface area contributed by atoms with E-state index in [-0.39, 0.29) is 11.3 Å². The van der Waals surface area contributed by atoms with Gasteiger partial charge in [0.25, 0.3) is 0 Å². The van der Waals surface area contributed by atoms with E-state index in [9.17, 15) is 18.1 Å². The van der Waals surface area contributed by atoms with Gasteiger partial charge in [0.05, 0.1) is 6.61 Å². The van der Waals surface area contributed by atoms with Crippen molar-refractivity contribution in [3.63, 3.8) is 0 Å². The van der Waals surface area contributed by atoms with Crippen molar-refractivity contribution < 1.29 is 32.9 Å². The number of nitrogens with one attached hydrogen (secondary N) is 1. The monoisotopic (exact) mass is 363 g/mol. The van der Waals surface area contributed by atoms with E-state index in [1.165, 1.54) is 31.2 Å². The molecule has 0 aliphatic heterocycles. The third-order valence-electron chi connectivity index (χ3n) is 3.09. The van der Waals surface area contributed by atoms with Crippen molar-refractivity contribution in [1.82, 2.24) is 5.09 Å². The number of hydrogen-bond acceptors (Lipinski definition) is 4. The van der Waals surface area contributed by atoms with Gasteiger partial charge in [-0.3, -0.25) is 9.36 Å². The lowest BCUT2D eigenvalue weighted by molar-refractivity contribution is -0.138. The summed E-state index contributed by atoms with van der Waals surface area (Å²) in [5.74, 6) is -1.52. The van der Waals surface area contributed by atoms with Gasteiger partial charge in [0.2, 0.25) is 0 Å². The van der Waals surface area contributed by atoms with Crippen LogP contribution in [0.5, 0.6) is 5.75 Å². The number of aliphatic carboxylic acids is 1. The molecule has 0 aliphatic carbocycles. The first-order chi connectivity index (χ1) is 11.1. The van der Waals surface area contributed by atoms with Crippen LogP contribution in [-0.2, 0) is 9.36 Å². The molecule has 1 aromatic rings. The Morgan fingerprint density at radius 3 is 2.50 bits per heavy atom. The van der Waals surface area contributed by atoms with E-state index in [2.05, 4.69) is 0 Å². The molecule has 0 bridgehead atoms. The normalized spacial score (nSPS) is 16.3. The number of carbonyl (C=O) groups is 1. The Balaban J connectivity index is 3.16. The van der Waals surface area contributed by atoms with Crippen LogP contribution in [0.1, 0.15) is 20.3 Å². The molecular weight excluding hydrogens is 343 g/mol. The van der Waals surface area contributed by atoms with Crippen molar-refractivity contribution >= 4 is 13.5 Å². The van der Waals surface area contributed by atoms with Crippen molar-refractivity contribution in [2.24, 2.45) is 0 Å². The summed E-state index contributed by atoms with van der Waals surface area (Å²) in [6.45, 7) is 2.11. The van der Waals surface area contributed by atoms with Crippen molar-refractivity contribution in [3.05, 3.63) is 42.0 Å². The van der Waals surface area contributed by atoms with Gasteiger partial charge >= 0.3 is 19.2 Å². The molecule has 24 heavy (non-hydrogen) atoms. The molecule has 1 unspecified atom stereocenters. The number of halogens is 2. The average Bonchev–Trinajstić information content (AvgIpc) is 2.53. The first kappa shape index (κ1) is 20.3. The molecule has 2 atom stereocenters. The molecule has 9 heteroatoms. The van der Waals surface area contributed by atoms with Crippen molar-refractivity contribution in [1.29, 1.82) is 0 Å². The van der Waals surface area contributed by atoms with Gasteiger partial charge in [0, 0.05) is 6.42 Å². The van der Waals surface area contributed by atoms with E-state index in [1.807, 2.05) is 5.09 Å². The molecule has 0 fully saturated rings. The van der Waals surface area contributed by atoms with Crippen LogP contribution in [0, 0.1) is 0 Å². The minimum absolute atomic E-state index is 0.0755. The van der Waals surface area contributed by atoms with Gasteiger partial charge in [-0.25, -0.2) is 5.09 Å². The summed E-state index contributed by atoms with van der Waals surface area (Å²) in [6, 6.07) is 5.81. The van der Waals surface area contributed by atoms with Gasteiger partial charge in [-0.1, -0.05) is 29.8 Å². The summed E-state index contributed by atoms with van der Waals surface area (Å²) in [6.07, 6.45) is 0.0664. The van der Waals surface area contributed by atoms with Crippen LogP contribution < -0.4 is 9.61 Å². The molecule has 6 nitrogen and oxygen atoms in total. The predicted molar refractivity (Wildman–Crippen MR) is 85.3 cm³/mol. The van der Waals surface area contributed by atoms with E-state index >= 15 is 0 Å². The number of carboxylic acid groups (broad SMARTS) is 1. The number of carboxylic acids is 1. The standard InChI is InChI=1S/C15H20F2NO5P/c1-11(10-19)8-9-15(16,17)24(22,18-12(2)14(20)21)23-13-6-4-3-5-7-13/h3-8,12,19H,9-10H2,1-2H3,(H,18,22)(H,20,21)/b11-8+/t12-,24?/m0/s1. The molecule has 0 amide bonds. The van der Waals surface area contributed by atoms with E-state index in [1.54, 1.807) is 6.07 Å². The molecule has 134 valence electrons. The third-order valence-corrected chi connectivity index (χ3v) is 5.33. The fourth-order valence-corrected chi connectivity index (χ4v) is 3.35. The van der Waals surface area contributed by atoms with Crippen LogP contribution in [0.3, 0.4) is 0 Å². The number of allylic oxidation sites excluding steroid dienone is 1. The first-order valence-electron chi connectivity index (χ1n) is 7.11. The van der Waals surface area contributed by atoms with Gasteiger partial charge in [-0.05, 0) is 26.0 Å². The second-order valence-corrected chi connectivity index (χ2v) is 7.42. The topological polar surface area (TPSA) is 95.9 Å². The molecule has 0 saturated heterocycles. The highest BCUT2D eigenvalue weighted by Gasteiger charge is 2.53. The van der Waals surface area contributed by atoms with Crippen LogP contribution in [-0.4, -0.2) is 34.5 Å². The Morgan fingerprint density at radius 2 is 2.00 bits per heavy atom. The van der Waals surface area contributed by atoms with Crippen LogP contribution in [0.4, 0.5) is 8.78 Å². The molecule has 1 aromatic carbocycles. The van der Waals surface area contributed by atoms with E-state index in [0.717, 1.165) is 13.0 Å². The lowest BCUT2D eigenvalue weighted by Crippen LogP contribution is -2.38. The van der Waals surface area contributed by atoms with E-state index in [4.69, 9.17) is 14.7 Å². The molecule has 0 aromatic heterocycles. The highest BCUT2D eigenvalue weighted by molar-refractivity contribution is 7.58. The number of rotatable bonds is 9. The second-order valence-electron chi connectivity index (χ2n) is 5.22. The number of alkyl halides is 2. The average molecular weight is 363 g/mol. The summed E-state index contributed by atoms with van der Waals surface area (Å²) >= 11 is 0. The van der Waals surface area contributed by atoms with Gasteiger partial charge in [0.15, 0.2) is 0 Å². The summed E-state index contributed by atoms with van der Waals surface area (Å²) in [5, 5.41) is 19.7. The van der Waals surface area contributed by atoms with Crippen LogP contribution in [0.25, 0.3) is 0 Å². The summed E-state index contributed by atoms with van der Waals surface area (Å²) in [5.41, 5.74) is -3.60. The Labute approximate surface area is 138 Å². The van der Waals surface area contributed by atoms with Gasteiger partial charge < -0.3 is 14.7 Å². The van der Waals surface area contributed by atoms with Crippen LogP contribution in [0.2, 0.25) is 0 Å². The predicted octanol–water partition coefficient (Wildman–Crippen LogP) is 3.24. The Hall–Kier alpha value is -1.76. The third kappa shape index (κ3) is 5.40. The zero-order chi connectivity index (χ0) is 18.4. The molecule has 0 radical (unpaired) electrons. The second kappa shape index (κ2) is 8.37. The highest BCUT2D eigenvalue weighted by atomic mass is 31.2. The maximum Gasteiger partial charge on any atom is 0.386 e. The smallest absolute Gasteiger partial charge is 0.386 e. The quantitative estimate of drug-likeness (QED) is 0.460. The number of aliphatic hydroxyl groups is 1. The summed E-state index contributed by atoms with van der Waals surface area (Å²) in [7, 11) is -4.91. The lowest BCUT2D eigenvalue weighted by Gasteiger charge is -2.28. The maximum atomic E-state index is 14.5. The van der Waals surface area contributed by atoms with Crippen LogP contribution in [0.15, 0.2) is 42.0 Å². The highest BCUT2D eigenvalue weighted by Crippen LogP contribution is 2.59. The Bertz CT molecular complexity index is 636. The summed E-state index contributed by atoms with van der Waals surface area (Å²) in [4.78, 5) is 10.9. The van der Waals surface area contributed by atoms with E-state index < -0.39 is 38.2 Å². The number of hydrogen-bond donors (Lipinski definition) is 3. The van der Waals surface area contributed by atoms with Crippen molar-refractivity contribution in [2.75, 3.05) is 6.61 Å². The molecule has 3 N–H and O–H groups in total. The molecule has 0 aliphatic rings. The first-order valence-corrected chi connectivity index (χ1v) is 8.73.